The fourth-order valence-corrected chi connectivity index (χ4v) is 1.64. The smallest absolute Gasteiger partial charge is 0.119 e. The van der Waals surface area contributed by atoms with Crippen molar-refractivity contribution in [1.82, 2.24) is 0 Å². The molecular weight excluding hydrogens is 248 g/mol. The van der Waals surface area contributed by atoms with E-state index in [1.54, 1.807) is 6.21 Å². The molecule has 0 aliphatic heterocycles. The van der Waals surface area contributed by atoms with Crippen LogP contribution in [0.25, 0.3) is 0 Å². The van der Waals surface area contributed by atoms with E-state index in [9.17, 15) is 0 Å². The van der Waals surface area contributed by atoms with Gasteiger partial charge in [0.05, 0.1) is 18.5 Å². The molecule has 0 saturated carbocycles. The number of hydrogen-bond acceptors (Lipinski definition) is 3. The van der Waals surface area contributed by atoms with Crippen LogP contribution in [0.15, 0.2) is 59.7 Å². The second-order valence-corrected chi connectivity index (χ2v) is 5.01. The van der Waals surface area contributed by atoms with Crippen molar-refractivity contribution in [2.45, 2.75) is 13.8 Å². The lowest BCUT2D eigenvalue weighted by molar-refractivity contribution is 0.271. The van der Waals surface area contributed by atoms with Crippen LogP contribution in [0.2, 0.25) is 0 Å². The van der Waals surface area contributed by atoms with E-state index >= 15 is 0 Å². The fraction of sp³-hybridized carbons (Fsp3) is 0.235. The molecule has 3 heteroatoms. The van der Waals surface area contributed by atoms with Crippen molar-refractivity contribution in [2.24, 2.45) is 11.0 Å². The van der Waals surface area contributed by atoms with Gasteiger partial charge in [0.25, 0.3) is 0 Å². The molecule has 0 heterocycles. The van der Waals surface area contributed by atoms with E-state index in [1.807, 2.05) is 54.6 Å². The summed E-state index contributed by atoms with van der Waals surface area (Å²) >= 11 is 0. The highest BCUT2D eigenvalue weighted by atomic mass is 16.5. The Morgan fingerprint density at radius 1 is 1.10 bits per heavy atom. The minimum Gasteiger partial charge on any atom is -0.493 e. The van der Waals surface area contributed by atoms with Gasteiger partial charge in [0.15, 0.2) is 0 Å². The molecule has 0 aliphatic carbocycles. The third kappa shape index (κ3) is 4.76. The van der Waals surface area contributed by atoms with Gasteiger partial charge in [-0.1, -0.05) is 44.2 Å². The van der Waals surface area contributed by atoms with Gasteiger partial charge in [-0.25, -0.2) is 0 Å². The molecule has 0 amide bonds. The quantitative estimate of drug-likeness (QED) is 0.630. The van der Waals surface area contributed by atoms with E-state index in [0.29, 0.717) is 5.92 Å². The zero-order valence-electron chi connectivity index (χ0n) is 11.9. The van der Waals surface area contributed by atoms with Crippen molar-refractivity contribution in [2.75, 3.05) is 12.0 Å². The van der Waals surface area contributed by atoms with Crippen molar-refractivity contribution >= 4 is 11.9 Å². The van der Waals surface area contributed by atoms with Gasteiger partial charge in [0, 0.05) is 0 Å². The minimum absolute atomic E-state index is 0.520. The summed E-state index contributed by atoms with van der Waals surface area (Å²) in [4.78, 5) is 0. The molecule has 0 aromatic heterocycles. The first-order valence-electron chi connectivity index (χ1n) is 6.81. The normalized spacial score (nSPS) is 10.9. The predicted molar refractivity (Wildman–Crippen MR) is 84.4 cm³/mol. The third-order valence-corrected chi connectivity index (χ3v) is 2.62. The van der Waals surface area contributed by atoms with Gasteiger partial charge in [0.1, 0.15) is 5.75 Å². The number of nitrogens with one attached hydrogen (secondary N) is 1. The maximum atomic E-state index is 5.69. The first-order chi connectivity index (χ1) is 9.74. The number of ether oxygens (including phenoxy) is 1. The van der Waals surface area contributed by atoms with Crippen molar-refractivity contribution < 1.29 is 4.74 Å². The average Bonchev–Trinajstić information content (AvgIpc) is 2.47. The minimum atomic E-state index is 0.520. The number of nitrogens with zero attached hydrogens (tertiary/aromatic N) is 1. The zero-order valence-corrected chi connectivity index (χ0v) is 11.9. The van der Waals surface area contributed by atoms with Crippen LogP contribution in [0.1, 0.15) is 19.4 Å². The monoisotopic (exact) mass is 268 g/mol. The SMILES string of the molecule is CC(C)COc1cccc(C=NNc2ccccc2)c1. The van der Waals surface area contributed by atoms with Gasteiger partial charge in [-0.2, -0.15) is 5.10 Å². The second kappa shape index (κ2) is 7.34. The van der Waals surface area contributed by atoms with Crippen LogP contribution < -0.4 is 10.2 Å². The van der Waals surface area contributed by atoms with Crippen LogP contribution in [-0.4, -0.2) is 12.8 Å². The van der Waals surface area contributed by atoms with Gasteiger partial charge in [-0.3, -0.25) is 5.43 Å². The first kappa shape index (κ1) is 14.1. The number of rotatable bonds is 6. The molecule has 0 unspecified atom stereocenters. The van der Waals surface area contributed by atoms with Crippen molar-refractivity contribution in [3.8, 4) is 5.75 Å². The Balaban J connectivity index is 1.93. The molecule has 2 aromatic rings. The Labute approximate surface area is 120 Å². The molecule has 0 spiro atoms. The maximum Gasteiger partial charge on any atom is 0.119 e. The molecule has 2 aromatic carbocycles. The highest BCUT2D eigenvalue weighted by molar-refractivity contribution is 5.80. The number of benzene rings is 2. The van der Waals surface area contributed by atoms with E-state index in [-0.39, 0.29) is 0 Å². The molecule has 104 valence electrons. The molecule has 0 aliphatic rings. The van der Waals surface area contributed by atoms with E-state index in [1.165, 1.54) is 0 Å². The van der Waals surface area contributed by atoms with Crippen LogP contribution in [0, 0.1) is 5.92 Å². The van der Waals surface area contributed by atoms with Gasteiger partial charge >= 0.3 is 0 Å². The largest absolute Gasteiger partial charge is 0.493 e. The molecular formula is C17H20N2O. The highest BCUT2D eigenvalue weighted by Crippen LogP contribution is 2.13. The standard InChI is InChI=1S/C17H20N2O/c1-14(2)13-20-17-10-6-7-15(11-17)12-18-19-16-8-4-3-5-9-16/h3-12,14,19H,13H2,1-2H3. The molecule has 20 heavy (non-hydrogen) atoms. The number of hydrazone groups is 1. The molecule has 0 fully saturated rings. The predicted octanol–water partition coefficient (Wildman–Crippen LogP) is 4.17. The van der Waals surface area contributed by atoms with Crippen LogP contribution in [0.5, 0.6) is 5.75 Å². The van der Waals surface area contributed by atoms with Gasteiger partial charge in [-0.15, -0.1) is 0 Å². The van der Waals surface area contributed by atoms with Crippen LogP contribution in [0.3, 0.4) is 0 Å². The Morgan fingerprint density at radius 2 is 1.90 bits per heavy atom. The van der Waals surface area contributed by atoms with Crippen LogP contribution in [-0.2, 0) is 0 Å². The van der Waals surface area contributed by atoms with Gasteiger partial charge < -0.3 is 4.74 Å². The lowest BCUT2D eigenvalue weighted by Crippen LogP contribution is -2.04. The molecule has 0 radical (unpaired) electrons. The second-order valence-electron chi connectivity index (χ2n) is 5.01. The van der Waals surface area contributed by atoms with E-state index in [0.717, 1.165) is 23.6 Å². The van der Waals surface area contributed by atoms with Crippen LogP contribution in [0.4, 0.5) is 5.69 Å². The Kier molecular flexibility index (Phi) is 5.18. The maximum absolute atomic E-state index is 5.69. The summed E-state index contributed by atoms with van der Waals surface area (Å²) in [6.45, 7) is 4.99. The molecule has 0 atom stereocenters. The summed E-state index contributed by atoms with van der Waals surface area (Å²) in [6.07, 6.45) is 1.79. The summed E-state index contributed by atoms with van der Waals surface area (Å²) in [5, 5.41) is 4.22. The summed E-state index contributed by atoms with van der Waals surface area (Å²) in [6, 6.07) is 17.8. The first-order valence-corrected chi connectivity index (χ1v) is 6.81. The Bertz CT molecular complexity index is 550. The van der Waals surface area contributed by atoms with Crippen molar-refractivity contribution in [1.29, 1.82) is 0 Å². The van der Waals surface area contributed by atoms with Crippen molar-refractivity contribution in [3.05, 3.63) is 60.2 Å². The van der Waals surface area contributed by atoms with Gasteiger partial charge in [-0.05, 0) is 35.7 Å². The van der Waals surface area contributed by atoms with E-state index in [4.69, 9.17) is 4.74 Å². The van der Waals surface area contributed by atoms with Crippen molar-refractivity contribution in [3.63, 3.8) is 0 Å². The Hall–Kier alpha value is -2.29. The number of anilines is 1. The lowest BCUT2D eigenvalue weighted by Gasteiger charge is -2.08. The molecule has 0 saturated heterocycles. The molecule has 0 bridgehead atoms. The van der Waals surface area contributed by atoms with Gasteiger partial charge in [0.2, 0.25) is 0 Å². The van der Waals surface area contributed by atoms with E-state index < -0.39 is 0 Å². The summed E-state index contributed by atoms with van der Waals surface area (Å²) in [7, 11) is 0. The molecule has 2 rings (SSSR count). The lowest BCUT2D eigenvalue weighted by atomic mass is 10.2. The molecule has 1 N–H and O–H groups in total. The zero-order chi connectivity index (χ0) is 14.2. The fourth-order valence-electron chi connectivity index (χ4n) is 1.64. The topological polar surface area (TPSA) is 33.6 Å². The van der Waals surface area contributed by atoms with Crippen LogP contribution >= 0.6 is 0 Å². The average molecular weight is 268 g/mol. The number of para-hydroxylation sites is 1. The third-order valence-electron chi connectivity index (χ3n) is 2.62. The molecule has 3 nitrogen and oxygen atoms in total. The summed E-state index contributed by atoms with van der Waals surface area (Å²) in [5.74, 6) is 1.40. The summed E-state index contributed by atoms with van der Waals surface area (Å²) < 4.78 is 5.69. The Morgan fingerprint density at radius 3 is 2.65 bits per heavy atom. The van der Waals surface area contributed by atoms with E-state index in [2.05, 4.69) is 24.4 Å². The number of hydrogen-bond donors (Lipinski definition) is 1. The summed E-state index contributed by atoms with van der Waals surface area (Å²) in [5.41, 5.74) is 4.97. The highest BCUT2D eigenvalue weighted by Gasteiger charge is 1.97.